The lowest BCUT2D eigenvalue weighted by molar-refractivity contribution is -0.159. The Kier molecular flexibility index (Phi) is 14.0. The number of pyridine rings is 1. The number of aromatic nitrogens is 1. The minimum Gasteiger partial charge on any atom is -0.497 e. The summed E-state index contributed by atoms with van der Waals surface area (Å²) < 4.78 is 22.5. The zero-order valence-corrected chi connectivity index (χ0v) is 32.7. The van der Waals surface area contributed by atoms with Crippen molar-refractivity contribution in [2.45, 2.75) is 104 Å². The van der Waals surface area contributed by atoms with Gasteiger partial charge in [-0.1, -0.05) is 57.5 Å². The first-order valence-corrected chi connectivity index (χ1v) is 18.5. The molecule has 13 nitrogen and oxygen atoms in total. The molecule has 0 aliphatic heterocycles. The molecule has 3 amide bonds. The van der Waals surface area contributed by atoms with Gasteiger partial charge in [-0.15, -0.1) is 0 Å². The highest BCUT2D eigenvalue weighted by molar-refractivity contribution is 5.94. The molecule has 1 aliphatic rings. The number of ether oxygens (including phenoxy) is 4. The van der Waals surface area contributed by atoms with Crippen molar-refractivity contribution in [3.05, 3.63) is 54.6 Å². The summed E-state index contributed by atoms with van der Waals surface area (Å²) in [5.41, 5.74) is 1.41. The van der Waals surface area contributed by atoms with E-state index >= 15 is 0 Å². The number of amides is 3. The third-order valence-electron chi connectivity index (χ3n) is 9.28. The van der Waals surface area contributed by atoms with E-state index in [1.807, 2.05) is 61.5 Å². The van der Waals surface area contributed by atoms with E-state index < -0.39 is 71.3 Å². The van der Waals surface area contributed by atoms with Crippen LogP contribution in [0.15, 0.2) is 54.6 Å². The SMILES string of the molecule is CCC[C@H](NC(=O)[C@@H]1C[C@@H](Oc2cc(-c3ccccc3)nc3cc(OC)ccc23)C[C@H]1C(=O)N[C@H](C(=O)N[C@@H](C)C(=O)OC)C(C)C)C(=O)OC(C)(C)C. The number of hydrogen-bond acceptors (Lipinski definition) is 10. The second kappa shape index (κ2) is 18.2. The minimum absolute atomic E-state index is 0.139. The number of rotatable bonds is 15. The average molecular weight is 747 g/mol. The monoisotopic (exact) mass is 746 g/mol. The molecule has 0 saturated heterocycles. The van der Waals surface area contributed by atoms with E-state index in [0.717, 1.165) is 5.56 Å². The Hall–Kier alpha value is -5.20. The fourth-order valence-electron chi connectivity index (χ4n) is 6.53. The maximum Gasteiger partial charge on any atom is 0.329 e. The highest BCUT2D eigenvalue weighted by atomic mass is 16.6. The van der Waals surface area contributed by atoms with Gasteiger partial charge in [0.1, 0.15) is 41.3 Å². The first kappa shape index (κ1) is 41.6. The molecule has 6 atom stereocenters. The predicted molar refractivity (Wildman–Crippen MR) is 203 cm³/mol. The standard InChI is InChI=1S/C41H54N4O9/c1-10-14-31(40(50)54-41(5,6)7)44-36(46)29-19-27(20-30(29)37(47)45-35(23(2)3)38(48)42-24(4)39(49)52-9)53-34-22-32(25-15-12-11-13-16-25)43-33-21-26(51-8)17-18-28(33)34/h11-13,15-18,21-24,27,29-31,35H,10,14,19-20H2,1-9H3,(H,42,48)(H,44,46)(H,45,47)/t24-,27+,29+,30+,31-,35-/m0/s1. The maximum absolute atomic E-state index is 14.2. The van der Waals surface area contributed by atoms with Crippen LogP contribution in [0.25, 0.3) is 22.2 Å². The van der Waals surface area contributed by atoms with Crippen LogP contribution in [-0.4, -0.2) is 78.7 Å². The van der Waals surface area contributed by atoms with Crippen molar-refractivity contribution in [1.29, 1.82) is 0 Å². The van der Waals surface area contributed by atoms with Gasteiger partial charge in [-0.2, -0.15) is 0 Å². The van der Waals surface area contributed by atoms with E-state index in [9.17, 15) is 24.0 Å². The summed E-state index contributed by atoms with van der Waals surface area (Å²) in [6.07, 6.45) is 0.622. The first-order chi connectivity index (χ1) is 25.5. The van der Waals surface area contributed by atoms with Crippen LogP contribution < -0.4 is 25.4 Å². The van der Waals surface area contributed by atoms with Crippen LogP contribution in [0.1, 0.15) is 74.1 Å². The molecular formula is C41H54N4O9. The van der Waals surface area contributed by atoms with Gasteiger partial charge in [-0.25, -0.2) is 14.6 Å². The van der Waals surface area contributed by atoms with Gasteiger partial charge in [-0.3, -0.25) is 14.4 Å². The van der Waals surface area contributed by atoms with Crippen LogP contribution in [0, 0.1) is 17.8 Å². The molecule has 1 heterocycles. The molecule has 0 bridgehead atoms. The Morgan fingerprint density at radius 1 is 0.852 bits per heavy atom. The number of carbonyl (C=O) groups is 5. The van der Waals surface area contributed by atoms with Crippen molar-refractivity contribution in [3.8, 4) is 22.8 Å². The number of nitrogens with zero attached hydrogens (tertiary/aromatic N) is 1. The summed E-state index contributed by atoms with van der Waals surface area (Å²) in [6, 6.07) is 14.1. The number of carbonyl (C=O) groups excluding carboxylic acids is 5. The van der Waals surface area contributed by atoms with Gasteiger partial charge in [0.2, 0.25) is 17.7 Å². The summed E-state index contributed by atoms with van der Waals surface area (Å²) in [4.78, 5) is 71.7. The molecule has 2 aromatic carbocycles. The summed E-state index contributed by atoms with van der Waals surface area (Å²) in [6.45, 7) is 12.2. The summed E-state index contributed by atoms with van der Waals surface area (Å²) in [5.74, 6) is -3.85. The number of fused-ring (bicyclic) bond motifs is 1. The van der Waals surface area contributed by atoms with E-state index in [1.54, 1.807) is 41.7 Å². The molecular weight excluding hydrogens is 692 g/mol. The Labute approximate surface area is 317 Å². The molecule has 54 heavy (non-hydrogen) atoms. The lowest BCUT2D eigenvalue weighted by Crippen LogP contribution is -2.55. The number of esters is 2. The molecule has 3 N–H and O–H groups in total. The third kappa shape index (κ3) is 10.7. The fourth-order valence-corrected chi connectivity index (χ4v) is 6.53. The fraction of sp³-hybridized carbons (Fsp3) is 0.512. The van der Waals surface area contributed by atoms with Crippen LogP contribution in [0.2, 0.25) is 0 Å². The normalized spacial score (nSPS) is 18.6. The lowest BCUT2D eigenvalue weighted by atomic mass is 9.92. The Morgan fingerprint density at radius 3 is 2.07 bits per heavy atom. The van der Waals surface area contributed by atoms with E-state index in [0.29, 0.717) is 40.9 Å². The van der Waals surface area contributed by atoms with Crippen LogP contribution in [0.4, 0.5) is 0 Å². The highest BCUT2D eigenvalue weighted by Gasteiger charge is 2.46. The number of nitrogens with one attached hydrogen (secondary N) is 3. The third-order valence-corrected chi connectivity index (χ3v) is 9.28. The van der Waals surface area contributed by atoms with Gasteiger partial charge in [0.15, 0.2) is 0 Å². The Morgan fingerprint density at radius 2 is 1.50 bits per heavy atom. The first-order valence-electron chi connectivity index (χ1n) is 18.5. The predicted octanol–water partition coefficient (Wildman–Crippen LogP) is 5.13. The van der Waals surface area contributed by atoms with Crippen molar-refractivity contribution in [3.63, 3.8) is 0 Å². The largest absolute Gasteiger partial charge is 0.497 e. The van der Waals surface area contributed by atoms with Gasteiger partial charge in [0, 0.05) is 23.1 Å². The highest BCUT2D eigenvalue weighted by Crippen LogP contribution is 2.39. The molecule has 1 aliphatic carbocycles. The summed E-state index contributed by atoms with van der Waals surface area (Å²) >= 11 is 0. The van der Waals surface area contributed by atoms with Gasteiger partial charge in [-0.05, 0) is 65.0 Å². The molecule has 3 aromatic rings. The molecule has 1 fully saturated rings. The van der Waals surface area contributed by atoms with Gasteiger partial charge in [0.05, 0.1) is 37.3 Å². The molecule has 0 radical (unpaired) electrons. The molecule has 0 spiro atoms. The van der Waals surface area contributed by atoms with Crippen molar-refractivity contribution in [2.24, 2.45) is 17.8 Å². The van der Waals surface area contributed by atoms with E-state index in [4.69, 9.17) is 23.9 Å². The van der Waals surface area contributed by atoms with E-state index in [1.165, 1.54) is 14.0 Å². The molecule has 4 rings (SSSR count). The van der Waals surface area contributed by atoms with Gasteiger partial charge >= 0.3 is 11.9 Å². The van der Waals surface area contributed by atoms with Crippen LogP contribution in [0.5, 0.6) is 11.5 Å². The summed E-state index contributed by atoms with van der Waals surface area (Å²) in [5, 5.41) is 9.02. The minimum atomic E-state index is -1.02. The summed E-state index contributed by atoms with van der Waals surface area (Å²) in [7, 11) is 2.80. The second-order valence-corrected chi connectivity index (χ2v) is 15.0. The number of methoxy groups -OCH3 is 2. The average Bonchev–Trinajstić information content (AvgIpc) is 3.56. The molecule has 13 heteroatoms. The lowest BCUT2D eigenvalue weighted by Gasteiger charge is -2.27. The second-order valence-electron chi connectivity index (χ2n) is 15.0. The molecule has 0 unspecified atom stereocenters. The smallest absolute Gasteiger partial charge is 0.329 e. The maximum atomic E-state index is 14.2. The van der Waals surface area contributed by atoms with E-state index in [-0.39, 0.29) is 18.8 Å². The van der Waals surface area contributed by atoms with Crippen molar-refractivity contribution >= 4 is 40.6 Å². The zero-order valence-electron chi connectivity index (χ0n) is 32.7. The van der Waals surface area contributed by atoms with Crippen molar-refractivity contribution in [1.82, 2.24) is 20.9 Å². The van der Waals surface area contributed by atoms with Gasteiger partial charge < -0.3 is 34.9 Å². The zero-order chi connectivity index (χ0) is 39.7. The van der Waals surface area contributed by atoms with Crippen molar-refractivity contribution < 1.29 is 42.9 Å². The topological polar surface area (TPSA) is 171 Å². The molecule has 1 saturated carbocycles. The van der Waals surface area contributed by atoms with Crippen LogP contribution >= 0.6 is 0 Å². The van der Waals surface area contributed by atoms with Crippen LogP contribution in [-0.2, 0) is 33.4 Å². The quantitative estimate of drug-likeness (QED) is 0.177. The van der Waals surface area contributed by atoms with Gasteiger partial charge in [0.25, 0.3) is 0 Å². The van der Waals surface area contributed by atoms with Crippen molar-refractivity contribution in [2.75, 3.05) is 14.2 Å². The molecule has 292 valence electrons. The Balaban J connectivity index is 1.68. The van der Waals surface area contributed by atoms with E-state index in [2.05, 4.69) is 16.0 Å². The molecule has 1 aromatic heterocycles. The van der Waals surface area contributed by atoms with Crippen LogP contribution in [0.3, 0.4) is 0 Å². The number of benzene rings is 2. The Bertz CT molecular complexity index is 1810. The number of hydrogen-bond donors (Lipinski definition) is 3.